The van der Waals surface area contributed by atoms with Crippen LogP contribution >= 0.6 is 11.3 Å². The third-order valence-corrected chi connectivity index (χ3v) is 3.78. The molecule has 0 amide bonds. The maximum atomic E-state index is 5.60. The fraction of sp³-hybridized carbons (Fsp3) is 0.357. The Kier molecular flexibility index (Phi) is 3.92. The molecule has 1 aromatic carbocycles. The van der Waals surface area contributed by atoms with Crippen molar-refractivity contribution in [2.45, 2.75) is 26.2 Å². The summed E-state index contributed by atoms with van der Waals surface area (Å²) in [4.78, 5) is 5.63. The van der Waals surface area contributed by atoms with E-state index in [0.29, 0.717) is 12.5 Å². The minimum Gasteiger partial charge on any atom is -0.330 e. The number of nitrogens with two attached hydrogens (primary N) is 1. The SMILES string of the molecule is CC(C)c1ccc(-c2scnc2CCN)cc1. The van der Waals surface area contributed by atoms with Crippen LogP contribution in [0.25, 0.3) is 10.4 Å². The van der Waals surface area contributed by atoms with Gasteiger partial charge in [0.05, 0.1) is 16.1 Å². The van der Waals surface area contributed by atoms with Gasteiger partial charge in [-0.3, -0.25) is 0 Å². The van der Waals surface area contributed by atoms with E-state index >= 15 is 0 Å². The topological polar surface area (TPSA) is 38.9 Å². The zero-order chi connectivity index (χ0) is 12.3. The number of hydrogen-bond acceptors (Lipinski definition) is 3. The number of thiazole rings is 1. The van der Waals surface area contributed by atoms with Gasteiger partial charge in [-0.1, -0.05) is 38.1 Å². The van der Waals surface area contributed by atoms with E-state index in [1.165, 1.54) is 16.0 Å². The Morgan fingerprint density at radius 2 is 1.94 bits per heavy atom. The summed E-state index contributed by atoms with van der Waals surface area (Å²) in [5.74, 6) is 0.578. The van der Waals surface area contributed by atoms with E-state index in [4.69, 9.17) is 5.73 Å². The first-order valence-corrected chi connectivity index (χ1v) is 6.83. The molecule has 0 radical (unpaired) electrons. The lowest BCUT2D eigenvalue weighted by Gasteiger charge is -2.06. The van der Waals surface area contributed by atoms with Crippen molar-refractivity contribution in [3.63, 3.8) is 0 Å². The zero-order valence-corrected chi connectivity index (χ0v) is 11.1. The van der Waals surface area contributed by atoms with Crippen molar-refractivity contribution in [2.24, 2.45) is 5.73 Å². The Bertz CT molecular complexity index is 471. The molecule has 3 heteroatoms. The lowest BCUT2D eigenvalue weighted by atomic mass is 10.0. The van der Waals surface area contributed by atoms with Gasteiger partial charge in [0.15, 0.2) is 0 Å². The molecule has 1 aromatic heterocycles. The van der Waals surface area contributed by atoms with Gasteiger partial charge in [-0.15, -0.1) is 11.3 Å². The molecule has 0 bridgehead atoms. The van der Waals surface area contributed by atoms with Gasteiger partial charge in [0.2, 0.25) is 0 Å². The molecule has 0 saturated heterocycles. The Morgan fingerprint density at radius 1 is 1.24 bits per heavy atom. The molecular formula is C14H18N2S. The van der Waals surface area contributed by atoms with E-state index in [2.05, 4.69) is 43.1 Å². The molecule has 0 aliphatic carbocycles. The number of hydrogen-bond donors (Lipinski definition) is 1. The molecule has 0 aliphatic rings. The molecule has 2 nitrogen and oxygen atoms in total. The highest BCUT2D eigenvalue weighted by molar-refractivity contribution is 7.13. The molecule has 0 saturated carbocycles. The molecule has 0 fully saturated rings. The van der Waals surface area contributed by atoms with Gasteiger partial charge in [-0.25, -0.2) is 4.98 Å². The van der Waals surface area contributed by atoms with E-state index < -0.39 is 0 Å². The summed E-state index contributed by atoms with van der Waals surface area (Å²) in [5, 5.41) is 0. The van der Waals surface area contributed by atoms with E-state index in [1.807, 2.05) is 5.51 Å². The second-order valence-electron chi connectivity index (χ2n) is 4.44. The second kappa shape index (κ2) is 5.43. The molecule has 2 aromatic rings. The van der Waals surface area contributed by atoms with Crippen molar-refractivity contribution in [2.75, 3.05) is 6.54 Å². The van der Waals surface area contributed by atoms with Gasteiger partial charge in [-0.05, 0) is 23.6 Å². The standard InChI is InChI=1S/C14H18N2S/c1-10(2)11-3-5-12(6-4-11)14-13(7-8-15)16-9-17-14/h3-6,9-10H,7-8,15H2,1-2H3. The molecule has 0 atom stereocenters. The monoisotopic (exact) mass is 246 g/mol. The van der Waals surface area contributed by atoms with Gasteiger partial charge in [0.1, 0.15) is 0 Å². The first-order chi connectivity index (χ1) is 8.22. The summed E-state index contributed by atoms with van der Waals surface area (Å²) in [6.45, 7) is 5.07. The highest BCUT2D eigenvalue weighted by Crippen LogP contribution is 2.29. The number of rotatable bonds is 4. The highest BCUT2D eigenvalue weighted by Gasteiger charge is 2.08. The van der Waals surface area contributed by atoms with Crippen LogP contribution in [0.15, 0.2) is 29.8 Å². The third kappa shape index (κ3) is 2.73. The molecule has 17 heavy (non-hydrogen) atoms. The Labute approximate surface area is 107 Å². The van der Waals surface area contributed by atoms with Crippen molar-refractivity contribution < 1.29 is 0 Å². The van der Waals surface area contributed by atoms with Gasteiger partial charge in [0, 0.05) is 6.42 Å². The van der Waals surface area contributed by atoms with E-state index in [-0.39, 0.29) is 0 Å². The molecule has 2 rings (SSSR count). The molecule has 0 unspecified atom stereocenters. The number of aromatic nitrogens is 1. The Hall–Kier alpha value is -1.19. The maximum absolute atomic E-state index is 5.60. The number of nitrogens with zero attached hydrogens (tertiary/aromatic N) is 1. The first-order valence-electron chi connectivity index (χ1n) is 5.95. The van der Waals surface area contributed by atoms with E-state index in [9.17, 15) is 0 Å². The molecular weight excluding hydrogens is 228 g/mol. The van der Waals surface area contributed by atoms with Crippen LogP contribution in [-0.2, 0) is 6.42 Å². The van der Waals surface area contributed by atoms with Crippen LogP contribution in [0.2, 0.25) is 0 Å². The van der Waals surface area contributed by atoms with Crippen LogP contribution < -0.4 is 5.73 Å². The molecule has 90 valence electrons. The first kappa shape index (κ1) is 12.3. The van der Waals surface area contributed by atoms with E-state index in [0.717, 1.165) is 12.1 Å². The lowest BCUT2D eigenvalue weighted by molar-refractivity contribution is 0.867. The fourth-order valence-electron chi connectivity index (χ4n) is 1.84. The van der Waals surface area contributed by atoms with Crippen molar-refractivity contribution in [1.82, 2.24) is 4.98 Å². The molecule has 2 N–H and O–H groups in total. The number of benzene rings is 1. The predicted molar refractivity (Wildman–Crippen MR) is 74.4 cm³/mol. The van der Waals surface area contributed by atoms with Crippen molar-refractivity contribution in [3.05, 3.63) is 41.0 Å². The summed E-state index contributed by atoms with van der Waals surface area (Å²) in [7, 11) is 0. The second-order valence-corrected chi connectivity index (χ2v) is 5.30. The van der Waals surface area contributed by atoms with Crippen molar-refractivity contribution in [3.8, 4) is 10.4 Å². The zero-order valence-electron chi connectivity index (χ0n) is 10.3. The summed E-state index contributed by atoms with van der Waals surface area (Å²) >= 11 is 1.69. The van der Waals surface area contributed by atoms with Gasteiger partial charge >= 0.3 is 0 Å². The average molecular weight is 246 g/mol. The third-order valence-electron chi connectivity index (χ3n) is 2.86. The van der Waals surface area contributed by atoms with Crippen LogP contribution in [0.3, 0.4) is 0 Å². The summed E-state index contributed by atoms with van der Waals surface area (Å²) in [6.07, 6.45) is 0.852. The highest BCUT2D eigenvalue weighted by atomic mass is 32.1. The summed E-state index contributed by atoms with van der Waals surface area (Å²) in [5.41, 5.74) is 11.2. The van der Waals surface area contributed by atoms with E-state index in [1.54, 1.807) is 11.3 Å². The molecule has 1 heterocycles. The minimum atomic E-state index is 0.578. The van der Waals surface area contributed by atoms with Crippen LogP contribution in [-0.4, -0.2) is 11.5 Å². The van der Waals surface area contributed by atoms with Crippen LogP contribution in [0, 0.1) is 0 Å². The lowest BCUT2D eigenvalue weighted by Crippen LogP contribution is -2.03. The summed E-state index contributed by atoms with van der Waals surface area (Å²) in [6, 6.07) is 8.77. The van der Waals surface area contributed by atoms with Crippen LogP contribution in [0.4, 0.5) is 0 Å². The maximum Gasteiger partial charge on any atom is 0.0801 e. The van der Waals surface area contributed by atoms with Crippen LogP contribution in [0.1, 0.15) is 31.0 Å². The normalized spacial score (nSPS) is 11.1. The predicted octanol–water partition coefficient (Wildman–Crippen LogP) is 3.43. The Balaban J connectivity index is 2.30. The summed E-state index contributed by atoms with van der Waals surface area (Å²) < 4.78 is 0. The average Bonchev–Trinajstić information content (AvgIpc) is 2.78. The van der Waals surface area contributed by atoms with Gasteiger partial charge < -0.3 is 5.73 Å². The van der Waals surface area contributed by atoms with Crippen molar-refractivity contribution in [1.29, 1.82) is 0 Å². The van der Waals surface area contributed by atoms with Gasteiger partial charge in [0.25, 0.3) is 0 Å². The Morgan fingerprint density at radius 3 is 2.53 bits per heavy atom. The largest absolute Gasteiger partial charge is 0.330 e. The smallest absolute Gasteiger partial charge is 0.0801 e. The van der Waals surface area contributed by atoms with Gasteiger partial charge in [-0.2, -0.15) is 0 Å². The van der Waals surface area contributed by atoms with Crippen molar-refractivity contribution >= 4 is 11.3 Å². The minimum absolute atomic E-state index is 0.578. The quantitative estimate of drug-likeness (QED) is 0.897. The van der Waals surface area contributed by atoms with Crippen LogP contribution in [0.5, 0.6) is 0 Å². The molecule has 0 spiro atoms. The fourth-order valence-corrected chi connectivity index (χ4v) is 2.69. The molecule has 0 aliphatic heterocycles.